The van der Waals surface area contributed by atoms with E-state index in [4.69, 9.17) is 14.6 Å². The number of rotatable bonds is 6. The Labute approximate surface area is 192 Å². The molecule has 33 heavy (non-hydrogen) atoms. The number of ether oxygens (including phenoxy) is 2. The lowest BCUT2D eigenvalue weighted by atomic mass is 9.96. The molecule has 2 aliphatic rings. The highest BCUT2D eigenvalue weighted by Crippen LogP contribution is 2.30. The van der Waals surface area contributed by atoms with E-state index in [0.29, 0.717) is 43.1 Å². The van der Waals surface area contributed by atoms with Gasteiger partial charge >= 0.3 is 5.97 Å². The van der Waals surface area contributed by atoms with Gasteiger partial charge in [-0.25, -0.2) is 13.6 Å². The van der Waals surface area contributed by atoms with E-state index in [-0.39, 0.29) is 34.9 Å². The molecule has 0 aromatic heterocycles. The van der Waals surface area contributed by atoms with Gasteiger partial charge in [0, 0.05) is 18.7 Å². The van der Waals surface area contributed by atoms with Crippen LogP contribution >= 0.6 is 0 Å². The summed E-state index contributed by atoms with van der Waals surface area (Å²) in [6.45, 7) is 1.16. The number of benzene rings is 2. The van der Waals surface area contributed by atoms with Crippen LogP contribution in [0.4, 0.5) is 0 Å². The summed E-state index contributed by atoms with van der Waals surface area (Å²) >= 11 is 0. The van der Waals surface area contributed by atoms with Crippen LogP contribution in [-0.4, -0.2) is 59.8 Å². The van der Waals surface area contributed by atoms with Crippen LogP contribution in [0.1, 0.15) is 18.4 Å². The largest absolute Gasteiger partial charge is 0.490 e. The molecule has 2 aliphatic heterocycles. The summed E-state index contributed by atoms with van der Waals surface area (Å²) in [5.74, 6) is 0.243. The number of piperidine rings is 1. The number of primary sulfonamides is 1. The molecule has 2 aromatic rings. The van der Waals surface area contributed by atoms with Gasteiger partial charge in [0.2, 0.25) is 10.0 Å². The Morgan fingerprint density at radius 3 is 2.39 bits per heavy atom. The third-order valence-corrected chi connectivity index (χ3v) is 7.74. The van der Waals surface area contributed by atoms with Crippen LogP contribution < -0.4 is 9.88 Å². The van der Waals surface area contributed by atoms with Gasteiger partial charge in [-0.15, -0.1) is 4.40 Å². The molecule has 2 heterocycles. The van der Waals surface area contributed by atoms with Crippen LogP contribution in [0.5, 0.6) is 5.75 Å². The third kappa shape index (κ3) is 5.18. The zero-order valence-electron chi connectivity index (χ0n) is 17.6. The third-order valence-electron chi connectivity index (χ3n) is 5.49. The van der Waals surface area contributed by atoms with E-state index in [1.165, 1.54) is 24.3 Å². The second kappa shape index (κ2) is 9.12. The summed E-state index contributed by atoms with van der Waals surface area (Å²) < 4.78 is 61.7. The summed E-state index contributed by atoms with van der Waals surface area (Å²) in [5.41, 5.74) is 0.591. The Morgan fingerprint density at radius 1 is 1.06 bits per heavy atom. The minimum absolute atomic E-state index is 0.0164. The molecular weight excluding hydrogens is 470 g/mol. The molecular formula is C21H23N3O7S2. The molecule has 12 heteroatoms. The molecule has 0 unspecified atom stereocenters. The van der Waals surface area contributed by atoms with Crippen molar-refractivity contribution < 1.29 is 31.1 Å². The van der Waals surface area contributed by atoms with Gasteiger partial charge in [-0.3, -0.25) is 4.79 Å². The maximum Gasteiger partial charge on any atom is 0.309 e. The molecule has 4 rings (SSSR count). The number of esters is 1. The highest BCUT2D eigenvalue weighted by atomic mass is 32.2. The van der Waals surface area contributed by atoms with Gasteiger partial charge in [0.25, 0.3) is 10.0 Å². The maximum absolute atomic E-state index is 12.4. The lowest BCUT2D eigenvalue weighted by Crippen LogP contribution is -2.40. The Kier molecular flexibility index (Phi) is 6.41. The highest BCUT2D eigenvalue weighted by Gasteiger charge is 2.34. The van der Waals surface area contributed by atoms with E-state index in [2.05, 4.69) is 4.40 Å². The molecule has 176 valence electrons. The summed E-state index contributed by atoms with van der Waals surface area (Å²) in [6, 6.07) is 12.3. The monoisotopic (exact) mass is 493 g/mol. The van der Waals surface area contributed by atoms with Crippen molar-refractivity contribution in [2.45, 2.75) is 22.6 Å². The predicted molar refractivity (Wildman–Crippen MR) is 119 cm³/mol. The van der Waals surface area contributed by atoms with Crippen molar-refractivity contribution in [1.82, 2.24) is 4.90 Å². The Balaban J connectivity index is 1.23. The van der Waals surface area contributed by atoms with Gasteiger partial charge in [0.05, 0.1) is 10.8 Å². The number of likely N-dealkylation sites (tertiary alicyclic amines) is 1. The van der Waals surface area contributed by atoms with E-state index >= 15 is 0 Å². The Morgan fingerprint density at radius 2 is 1.73 bits per heavy atom. The zero-order valence-corrected chi connectivity index (χ0v) is 19.2. The molecule has 10 nitrogen and oxygen atoms in total. The molecule has 2 N–H and O–H groups in total. The van der Waals surface area contributed by atoms with Gasteiger partial charge in [-0.1, -0.05) is 12.1 Å². The van der Waals surface area contributed by atoms with Crippen LogP contribution in [-0.2, 0) is 29.6 Å². The number of nitrogens with zero attached hydrogens (tertiary/aromatic N) is 2. The van der Waals surface area contributed by atoms with Crippen molar-refractivity contribution in [3.05, 3.63) is 54.1 Å². The predicted octanol–water partition coefficient (Wildman–Crippen LogP) is 1.12. The quantitative estimate of drug-likeness (QED) is 0.465. The number of carbonyl (C=O) groups excluding carboxylic acids is 1. The zero-order chi connectivity index (χ0) is 23.6. The number of nitrogens with two attached hydrogens (primary N) is 1. The first-order valence-corrected chi connectivity index (χ1v) is 13.3. The minimum atomic E-state index is -3.76. The van der Waals surface area contributed by atoms with Crippen LogP contribution in [0, 0.1) is 5.92 Å². The Hall–Kier alpha value is -2.96. The average molecular weight is 494 g/mol. The van der Waals surface area contributed by atoms with E-state index in [9.17, 15) is 21.6 Å². The van der Waals surface area contributed by atoms with Gasteiger partial charge in [-0.2, -0.15) is 8.42 Å². The minimum Gasteiger partial charge on any atom is -0.490 e. The van der Waals surface area contributed by atoms with E-state index in [1.54, 1.807) is 24.3 Å². The van der Waals surface area contributed by atoms with Gasteiger partial charge < -0.3 is 14.4 Å². The highest BCUT2D eigenvalue weighted by molar-refractivity contribution is 7.90. The molecule has 0 bridgehead atoms. The molecule has 0 saturated carbocycles. The topological polar surface area (TPSA) is 145 Å². The number of carbonyl (C=O) groups is 1. The maximum atomic E-state index is 12.4. The van der Waals surface area contributed by atoms with Gasteiger partial charge in [0.15, 0.2) is 5.84 Å². The first kappa shape index (κ1) is 23.2. The second-order valence-corrected chi connectivity index (χ2v) is 10.8. The van der Waals surface area contributed by atoms with Crippen molar-refractivity contribution >= 4 is 31.9 Å². The molecule has 0 spiro atoms. The van der Waals surface area contributed by atoms with Crippen LogP contribution in [0.25, 0.3) is 0 Å². The average Bonchev–Trinajstić information content (AvgIpc) is 3.07. The van der Waals surface area contributed by atoms with Crippen LogP contribution in [0.3, 0.4) is 0 Å². The normalized spacial score (nSPS) is 17.8. The summed E-state index contributed by atoms with van der Waals surface area (Å²) in [4.78, 5) is 14.5. The van der Waals surface area contributed by atoms with E-state index < -0.39 is 20.0 Å². The fraction of sp³-hybridized carbons (Fsp3) is 0.333. The molecule has 0 amide bonds. The Bertz CT molecular complexity index is 1280. The van der Waals surface area contributed by atoms with E-state index in [0.717, 1.165) is 0 Å². The summed E-state index contributed by atoms with van der Waals surface area (Å²) in [5, 5.41) is 5.05. The molecule has 0 atom stereocenters. The standard InChI is InChI=1S/C21H23N3O7S2/c22-32(26,27)17-7-5-16(6-8-17)30-13-14-31-21(25)15-9-11-24(12-10-15)20-18-3-1-2-4-19(18)33(28,29)23-20/h1-8,15H,9-14H2,(H2,22,26,27). The number of amidine groups is 1. The number of fused-ring (bicyclic) bond motifs is 1. The van der Waals surface area contributed by atoms with Gasteiger partial charge in [0.1, 0.15) is 23.9 Å². The number of sulfonamides is 2. The molecule has 2 aromatic carbocycles. The molecule has 0 aliphatic carbocycles. The molecule has 1 fully saturated rings. The number of hydrogen-bond acceptors (Lipinski definition) is 8. The summed E-state index contributed by atoms with van der Waals surface area (Å²) in [6.07, 6.45) is 1.05. The van der Waals surface area contributed by atoms with Crippen molar-refractivity contribution in [3.63, 3.8) is 0 Å². The summed E-state index contributed by atoms with van der Waals surface area (Å²) in [7, 11) is -7.44. The molecule has 0 radical (unpaired) electrons. The fourth-order valence-electron chi connectivity index (χ4n) is 3.79. The molecule has 1 saturated heterocycles. The van der Waals surface area contributed by atoms with Crippen LogP contribution in [0.2, 0.25) is 0 Å². The van der Waals surface area contributed by atoms with Crippen molar-refractivity contribution in [1.29, 1.82) is 0 Å². The first-order chi connectivity index (χ1) is 15.6. The lowest BCUT2D eigenvalue weighted by molar-refractivity contribution is -0.150. The lowest BCUT2D eigenvalue weighted by Gasteiger charge is -2.32. The van der Waals surface area contributed by atoms with Crippen molar-refractivity contribution in [3.8, 4) is 5.75 Å². The number of hydrogen-bond donors (Lipinski definition) is 1. The van der Waals surface area contributed by atoms with E-state index in [1.807, 2.05) is 4.90 Å². The van der Waals surface area contributed by atoms with Gasteiger partial charge in [-0.05, 0) is 49.2 Å². The van der Waals surface area contributed by atoms with Crippen molar-refractivity contribution in [2.75, 3.05) is 26.3 Å². The second-order valence-electron chi connectivity index (χ2n) is 7.68. The first-order valence-electron chi connectivity index (χ1n) is 10.3. The smallest absolute Gasteiger partial charge is 0.309 e. The fourth-order valence-corrected chi connectivity index (χ4v) is 5.53. The SMILES string of the molecule is NS(=O)(=O)c1ccc(OCCOC(=O)C2CCN(C3=NS(=O)(=O)c4ccccc43)CC2)cc1. The van der Waals surface area contributed by atoms with Crippen molar-refractivity contribution in [2.24, 2.45) is 15.5 Å². The van der Waals surface area contributed by atoms with Crippen LogP contribution in [0.15, 0.2) is 62.7 Å².